The Labute approximate surface area is 84.2 Å². The lowest BCUT2D eigenvalue weighted by Crippen LogP contribution is -2.46. The van der Waals surface area contributed by atoms with Gasteiger partial charge in [0, 0.05) is 0 Å². The lowest BCUT2D eigenvalue weighted by atomic mass is 10.2. The van der Waals surface area contributed by atoms with E-state index in [0.717, 1.165) is 12.8 Å². The number of nitrogens with zero attached hydrogens (tertiary/aromatic N) is 1. The highest BCUT2D eigenvalue weighted by atomic mass is 16.6. The minimum Gasteiger partial charge on any atom is -0.447 e. The molecule has 14 heavy (non-hydrogen) atoms. The van der Waals surface area contributed by atoms with Gasteiger partial charge in [-0.15, -0.1) is 0 Å². The first-order valence-corrected chi connectivity index (χ1v) is 5.26. The van der Waals surface area contributed by atoms with E-state index in [1.54, 1.807) is 4.90 Å². The molecule has 2 atom stereocenters. The molecule has 2 aliphatic heterocycles. The van der Waals surface area contributed by atoms with Crippen molar-refractivity contribution in [2.75, 3.05) is 13.1 Å². The lowest BCUT2D eigenvalue weighted by Gasteiger charge is -2.31. The Kier molecular flexibility index (Phi) is 2.63. The van der Waals surface area contributed by atoms with Gasteiger partial charge >= 0.3 is 6.09 Å². The molecular formula is C10H17NO3. The third-order valence-electron chi connectivity index (χ3n) is 2.64. The molecule has 2 bridgehead atoms. The van der Waals surface area contributed by atoms with Crippen molar-refractivity contribution in [1.82, 2.24) is 4.90 Å². The van der Waals surface area contributed by atoms with Crippen LogP contribution in [0.5, 0.6) is 0 Å². The number of carbonyl (C=O) groups is 1. The van der Waals surface area contributed by atoms with Gasteiger partial charge in [0.25, 0.3) is 0 Å². The fourth-order valence-corrected chi connectivity index (χ4v) is 2.04. The van der Waals surface area contributed by atoms with Crippen molar-refractivity contribution in [2.45, 2.75) is 45.0 Å². The SMILES string of the molecule is CC(C)OC(=O)N1CC2CCC(C1)O2. The molecule has 4 nitrogen and oxygen atoms in total. The van der Waals surface area contributed by atoms with Gasteiger partial charge in [0.2, 0.25) is 0 Å². The van der Waals surface area contributed by atoms with E-state index in [-0.39, 0.29) is 24.4 Å². The number of fused-ring (bicyclic) bond motifs is 2. The molecule has 1 amide bonds. The first-order valence-electron chi connectivity index (χ1n) is 5.26. The molecule has 0 aliphatic carbocycles. The Morgan fingerprint density at radius 3 is 2.43 bits per heavy atom. The molecule has 4 heteroatoms. The highest BCUT2D eigenvalue weighted by molar-refractivity contribution is 5.68. The van der Waals surface area contributed by atoms with Crippen molar-refractivity contribution in [3.05, 3.63) is 0 Å². The second-order valence-corrected chi connectivity index (χ2v) is 4.29. The Hall–Kier alpha value is -0.770. The normalized spacial score (nSPS) is 30.9. The number of rotatable bonds is 1. The van der Waals surface area contributed by atoms with Crippen LogP contribution in [0.15, 0.2) is 0 Å². The van der Waals surface area contributed by atoms with E-state index in [9.17, 15) is 4.79 Å². The molecule has 2 saturated heterocycles. The van der Waals surface area contributed by atoms with Crippen molar-refractivity contribution in [1.29, 1.82) is 0 Å². The largest absolute Gasteiger partial charge is 0.447 e. The summed E-state index contributed by atoms with van der Waals surface area (Å²) in [6.07, 6.45) is 2.41. The van der Waals surface area contributed by atoms with Crippen LogP contribution in [0.25, 0.3) is 0 Å². The minimum atomic E-state index is -0.194. The van der Waals surface area contributed by atoms with Gasteiger partial charge in [-0.2, -0.15) is 0 Å². The fourth-order valence-electron chi connectivity index (χ4n) is 2.04. The molecule has 2 fully saturated rings. The van der Waals surface area contributed by atoms with Gasteiger partial charge in [0.15, 0.2) is 0 Å². The Morgan fingerprint density at radius 1 is 1.36 bits per heavy atom. The van der Waals surface area contributed by atoms with Crippen LogP contribution < -0.4 is 0 Å². The van der Waals surface area contributed by atoms with Crippen LogP contribution >= 0.6 is 0 Å². The van der Waals surface area contributed by atoms with E-state index in [4.69, 9.17) is 9.47 Å². The first-order chi connectivity index (χ1) is 6.65. The number of amides is 1. The maximum Gasteiger partial charge on any atom is 0.410 e. The monoisotopic (exact) mass is 199 g/mol. The van der Waals surface area contributed by atoms with Gasteiger partial charge in [-0.3, -0.25) is 0 Å². The van der Waals surface area contributed by atoms with Crippen LogP contribution in [0.2, 0.25) is 0 Å². The third-order valence-corrected chi connectivity index (χ3v) is 2.64. The molecule has 0 N–H and O–H groups in total. The molecule has 0 aromatic heterocycles. The van der Waals surface area contributed by atoms with Crippen molar-refractivity contribution in [2.24, 2.45) is 0 Å². The Bertz CT molecular complexity index is 217. The average Bonchev–Trinajstić information content (AvgIpc) is 2.44. The van der Waals surface area contributed by atoms with E-state index in [0.29, 0.717) is 13.1 Å². The highest BCUT2D eigenvalue weighted by Crippen LogP contribution is 2.26. The average molecular weight is 199 g/mol. The van der Waals surface area contributed by atoms with Crippen LogP contribution in [0, 0.1) is 0 Å². The van der Waals surface area contributed by atoms with E-state index in [1.807, 2.05) is 13.8 Å². The maximum atomic E-state index is 11.6. The maximum absolute atomic E-state index is 11.6. The Balaban J connectivity index is 1.89. The number of morpholine rings is 1. The van der Waals surface area contributed by atoms with Crippen LogP contribution in [-0.2, 0) is 9.47 Å². The zero-order valence-corrected chi connectivity index (χ0v) is 8.73. The molecule has 0 aromatic carbocycles. The number of hydrogen-bond acceptors (Lipinski definition) is 3. The van der Waals surface area contributed by atoms with E-state index in [2.05, 4.69) is 0 Å². The molecule has 0 aromatic rings. The van der Waals surface area contributed by atoms with Crippen molar-refractivity contribution >= 4 is 6.09 Å². The summed E-state index contributed by atoms with van der Waals surface area (Å²) in [6, 6.07) is 0. The standard InChI is InChI=1S/C10H17NO3/c1-7(2)13-10(12)11-5-8-3-4-9(6-11)14-8/h7-9H,3-6H2,1-2H3. The quantitative estimate of drug-likeness (QED) is 0.640. The van der Waals surface area contributed by atoms with E-state index in [1.165, 1.54) is 0 Å². The number of ether oxygens (including phenoxy) is 2. The van der Waals surface area contributed by atoms with Gasteiger partial charge in [-0.25, -0.2) is 4.79 Å². The molecule has 2 unspecified atom stereocenters. The number of hydrogen-bond donors (Lipinski definition) is 0. The van der Waals surface area contributed by atoms with Gasteiger partial charge < -0.3 is 14.4 Å². The summed E-state index contributed by atoms with van der Waals surface area (Å²) in [4.78, 5) is 13.3. The predicted molar refractivity (Wildman–Crippen MR) is 51.1 cm³/mol. The zero-order chi connectivity index (χ0) is 10.1. The summed E-state index contributed by atoms with van der Waals surface area (Å²) < 4.78 is 10.8. The molecular weight excluding hydrogens is 182 g/mol. The number of likely N-dealkylation sites (tertiary alicyclic amines) is 1. The molecule has 0 radical (unpaired) electrons. The summed E-state index contributed by atoms with van der Waals surface area (Å²) in [5, 5.41) is 0. The smallest absolute Gasteiger partial charge is 0.410 e. The topological polar surface area (TPSA) is 38.8 Å². The molecule has 2 heterocycles. The van der Waals surface area contributed by atoms with E-state index < -0.39 is 0 Å². The number of carbonyl (C=O) groups excluding carboxylic acids is 1. The molecule has 2 aliphatic rings. The van der Waals surface area contributed by atoms with Crippen molar-refractivity contribution in [3.8, 4) is 0 Å². The molecule has 80 valence electrons. The Morgan fingerprint density at radius 2 is 1.93 bits per heavy atom. The molecule has 0 saturated carbocycles. The van der Waals surface area contributed by atoms with Crippen LogP contribution in [0.3, 0.4) is 0 Å². The minimum absolute atomic E-state index is 0.0389. The second-order valence-electron chi connectivity index (χ2n) is 4.29. The summed E-state index contributed by atoms with van der Waals surface area (Å²) in [5.41, 5.74) is 0. The van der Waals surface area contributed by atoms with Gasteiger partial charge in [0.05, 0.1) is 31.4 Å². The van der Waals surface area contributed by atoms with Crippen LogP contribution in [0.1, 0.15) is 26.7 Å². The summed E-state index contributed by atoms with van der Waals surface area (Å²) in [5.74, 6) is 0. The van der Waals surface area contributed by atoms with Crippen molar-refractivity contribution in [3.63, 3.8) is 0 Å². The van der Waals surface area contributed by atoms with Crippen molar-refractivity contribution < 1.29 is 14.3 Å². The van der Waals surface area contributed by atoms with Gasteiger partial charge in [0.1, 0.15) is 0 Å². The molecule has 0 spiro atoms. The predicted octanol–water partition coefficient (Wildman–Crippen LogP) is 1.39. The van der Waals surface area contributed by atoms with Crippen LogP contribution in [-0.4, -0.2) is 42.4 Å². The zero-order valence-electron chi connectivity index (χ0n) is 8.73. The highest BCUT2D eigenvalue weighted by Gasteiger charge is 2.36. The van der Waals surface area contributed by atoms with Gasteiger partial charge in [-0.1, -0.05) is 0 Å². The fraction of sp³-hybridized carbons (Fsp3) is 0.900. The second kappa shape index (κ2) is 3.77. The summed E-state index contributed by atoms with van der Waals surface area (Å²) in [6.45, 7) is 5.13. The van der Waals surface area contributed by atoms with Crippen LogP contribution in [0.4, 0.5) is 4.79 Å². The molecule has 2 rings (SSSR count). The summed E-state index contributed by atoms with van der Waals surface area (Å²) >= 11 is 0. The third kappa shape index (κ3) is 2.00. The summed E-state index contributed by atoms with van der Waals surface area (Å²) in [7, 11) is 0. The lowest BCUT2D eigenvalue weighted by molar-refractivity contribution is -0.0395. The first kappa shape index (κ1) is 9.77. The van der Waals surface area contributed by atoms with E-state index >= 15 is 0 Å². The van der Waals surface area contributed by atoms with Gasteiger partial charge in [-0.05, 0) is 26.7 Å².